The van der Waals surface area contributed by atoms with E-state index in [9.17, 15) is 0 Å². The number of hydrogen-bond acceptors (Lipinski definition) is 2. The number of ether oxygens (including phenoxy) is 1. The van der Waals surface area contributed by atoms with E-state index in [2.05, 4.69) is 0 Å². The maximum atomic E-state index is 9.16. The molecule has 0 saturated heterocycles. The van der Waals surface area contributed by atoms with Gasteiger partial charge < -0.3 is 9.84 Å². The topological polar surface area (TPSA) is 29.5 Å². The summed E-state index contributed by atoms with van der Waals surface area (Å²) in [4.78, 5) is 0. The van der Waals surface area contributed by atoms with Gasteiger partial charge in [0.25, 0.3) is 0 Å². The van der Waals surface area contributed by atoms with E-state index in [0.29, 0.717) is 0 Å². The Morgan fingerprint density at radius 2 is 1.75 bits per heavy atom. The molecule has 0 aliphatic carbocycles. The van der Waals surface area contributed by atoms with Crippen molar-refractivity contribution in [1.29, 1.82) is 0 Å². The van der Waals surface area contributed by atoms with Crippen LogP contribution in [0.1, 0.15) is 13.8 Å². The molecular weight excluding hydrogens is 152 g/mol. The van der Waals surface area contributed by atoms with Gasteiger partial charge >= 0.3 is 0 Å². The van der Waals surface area contributed by atoms with Crippen molar-refractivity contribution in [3.05, 3.63) is 30.3 Å². The number of rotatable bonds is 3. The molecular formula is C10H14O2. The molecule has 0 fully saturated rings. The first-order valence-corrected chi connectivity index (χ1v) is 4.10. The standard InChI is InChI=1S/C10H14O2/c1-8(11)9(2)12-10-6-4-3-5-7-10/h3-9,11H,1-2H3/t8-,9+/m0/s1. The van der Waals surface area contributed by atoms with Crippen LogP contribution in [0.5, 0.6) is 5.75 Å². The van der Waals surface area contributed by atoms with E-state index in [0.717, 1.165) is 5.75 Å². The molecule has 66 valence electrons. The minimum atomic E-state index is -0.440. The van der Waals surface area contributed by atoms with Gasteiger partial charge in [-0.15, -0.1) is 0 Å². The molecule has 2 heteroatoms. The van der Waals surface area contributed by atoms with E-state index in [1.54, 1.807) is 6.92 Å². The molecule has 1 N–H and O–H groups in total. The van der Waals surface area contributed by atoms with Crippen LogP contribution < -0.4 is 4.74 Å². The van der Waals surface area contributed by atoms with Gasteiger partial charge in [0.05, 0.1) is 6.10 Å². The summed E-state index contributed by atoms with van der Waals surface area (Å²) in [5.74, 6) is 0.797. The van der Waals surface area contributed by atoms with Gasteiger partial charge in [0.1, 0.15) is 11.9 Å². The fraction of sp³-hybridized carbons (Fsp3) is 0.400. The van der Waals surface area contributed by atoms with Crippen LogP contribution in [0.25, 0.3) is 0 Å². The summed E-state index contributed by atoms with van der Waals surface area (Å²) in [6.07, 6.45) is -0.599. The van der Waals surface area contributed by atoms with Gasteiger partial charge in [-0.25, -0.2) is 0 Å². The molecule has 12 heavy (non-hydrogen) atoms. The predicted octanol–water partition coefficient (Wildman–Crippen LogP) is 1.83. The average molecular weight is 166 g/mol. The van der Waals surface area contributed by atoms with Crippen LogP contribution in [0.4, 0.5) is 0 Å². The molecule has 0 bridgehead atoms. The van der Waals surface area contributed by atoms with Crippen LogP contribution in [0.2, 0.25) is 0 Å². The molecule has 0 aromatic heterocycles. The van der Waals surface area contributed by atoms with Gasteiger partial charge in [-0.1, -0.05) is 18.2 Å². The van der Waals surface area contributed by atoms with Crippen LogP contribution in [-0.4, -0.2) is 17.3 Å². The zero-order chi connectivity index (χ0) is 8.97. The van der Waals surface area contributed by atoms with E-state index in [1.807, 2.05) is 37.3 Å². The molecule has 0 unspecified atom stereocenters. The summed E-state index contributed by atoms with van der Waals surface area (Å²) in [6, 6.07) is 9.49. The van der Waals surface area contributed by atoms with Gasteiger partial charge in [-0.05, 0) is 26.0 Å². The molecule has 0 spiro atoms. The Morgan fingerprint density at radius 3 is 2.25 bits per heavy atom. The molecule has 0 radical (unpaired) electrons. The maximum absolute atomic E-state index is 9.16. The lowest BCUT2D eigenvalue weighted by atomic mass is 10.2. The minimum Gasteiger partial charge on any atom is -0.488 e. The molecule has 2 atom stereocenters. The Balaban J connectivity index is 2.53. The minimum absolute atomic E-state index is 0.160. The number of hydrogen-bond donors (Lipinski definition) is 1. The third-order valence-electron chi connectivity index (χ3n) is 1.74. The van der Waals surface area contributed by atoms with Crippen LogP contribution in [0, 0.1) is 0 Å². The monoisotopic (exact) mass is 166 g/mol. The van der Waals surface area contributed by atoms with Crippen LogP contribution in [0.3, 0.4) is 0 Å². The molecule has 1 aromatic rings. The second kappa shape index (κ2) is 4.12. The second-order valence-electron chi connectivity index (χ2n) is 2.88. The van der Waals surface area contributed by atoms with Crippen molar-refractivity contribution in [3.8, 4) is 5.75 Å². The highest BCUT2D eigenvalue weighted by Gasteiger charge is 2.09. The van der Waals surface area contributed by atoms with E-state index >= 15 is 0 Å². The van der Waals surface area contributed by atoms with Gasteiger partial charge in [0.15, 0.2) is 0 Å². The molecule has 0 aliphatic rings. The zero-order valence-electron chi connectivity index (χ0n) is 7.40. The molecule has 2 nitrogen and oxygen atoms in total. The van der Waals surface area contributed by atoms with Gasteiger partial charge in [-0.2, -0.15) is 0 Å². The van der Waals surface area contributed by atoms with Gasteiger partial charge in [-0.3, -0.25) is 0 Å². The van der Waals surface area contributed by atoms with Gasteiger partial charge in [0.2, 0.25) is 0 Å². The number of aliphatic hydroxyl groups is 1. The van der Waals surface area contributed by atoms with Crippen molar-refractivity contribution < 1.29 is 9.84 Å². The van der Waals surface area contributed by atoms with Crippen molar-refractivity contribution in [3.63, 3.8) is 0 Å². The summed E-state index contributed by atoms with van der Waals surface area (Å²) in [5, 5.41) is 9.16. The summed E-state index contributed by atoms with van der Waals surface area (Å²) < 4.78 is 5.43. The third-order valence-corrected chi connectivity index (χ3v) is 1.74. The van der Waals surface area contributed by atoms with Crippen LogP contribution in [0.15, 0.2) is 30.3 Å². The molecule has 0 saturated carbocycles. The highest BCUT2D eigenvalue weighted by atomic mass is 16.5. The normalized spacial score (nSPS) is 15.2. The Hall–Kier alpha value is -1.02. The fourth-order valence-corrected chi connectivity index (χ4v) is 0.812. The van der Waals surface area contributed by atoms with Gasteiger partial charge in [0, 0.05) is 0 Å². The van der Waals surface area contributed by atoms with Crippen LogP contribution >= 0.6 is 0 Å². The van der Waals surface area contributed by atoms with Crippen molar-refractivity contribution >= 4 is 0 Å². The quantitative estimate of drug-likeness (QED) is 0.742. The van der Waals surface area contributed by atoms with E-state index in [4.69, 9.17) is 9.84 Å². The Morgan fingerprint density at radius 1 is 1.17 bits per heavy atom. The van der Waals surface area contributed by atoms with Crippen molar-refractivity contribution in [2.45, 2.75) is 26.1 Å². The summed E-state index contributed by atoms with van der Waals surface area (Å²) in [7, 11) is 0. The highest BCUT2D eigenvalue weighted by molar-refractivity contribution is 5.21. The SMILES string of the molecule is C[C@H](O)[C@@H](C)Oc1ccccc1. The number of benzene rings is 1. The molecule has 0 aliphatic heterocycles. The smallest absolute Gasteiger partial charge is 0.121 e. The highest BCUT2D eigenvalue weighted by Crippen LogP contribution is 2.11. The summed E-state index contributed by atoms with van der Waals surface area (Å²) in [6.45, 7) is 3.56. The predicted molar refractivity (Wildman–Crippen MR) is 48.2 cm³/mol. The number of aliphatic hydroxyl groups excluding tert-OH is 1. The first-order valence-electron chi connectivity index (χ1n) is 4.10. The first kappa shape index (κ1) is 9.07. The maximum Gasteiger partial charge on any atom is 0.121 e. The second-order valence-corrected chi connectivity index (χ2v) is 2.88. The van der Waals surface area contributed by atoms with E-state index in [1.165, 1.54) is 0 Å². The average Bonchev–Trinajstić information content (AvgIpc) is 2.06. The number of para-hydroxylation sites is 1. The van der Waals surface area contributed by atoms with E-state index < -0.39 is 6.10 Å². The lowest BCUT2D eigenvalue weighted by Crippen LogP contribution is -2.25. The van der Waals surface area contributed by atoms with Crippen molar-refractivity contribution in [2.75, 3.05) is 0 Å². The third kappa shape index (κ3) is 2.55. The van der Waals surface area contributed by atoms with Crippen molar-refractivity contribution in [1.82, 2.24) is 0 Å². The molecule has 1 rings (SSSR count). The fourth-order valence-electron chi connectivity index (χ4n) is 0.812. The zero-order valence-corrected chi connectivity index (χ0v) is 7.40. The van der Waals surface area contributed by atoms with Crippen molar-refractivity contribution in [2.24, 2.45) is 0 Å². The molecule has 1 aromatic carbocycles. The van der Waals surface area contributed by atoms with Crippen LogP contribution in [-0.2, 0) is 0 Å². The largest absolute Gasteiger partial charge is 0.488 e. The first-order chi connectivity index (χ1) is 5.70. The molecule has 0 heterocycles. The van der Waals surface area contributed by atoms with E-state index in [-0.39, 0.29) is 6.10 Å². The lowest BCUT2D eigenvalue weighted by molar-refractivity contribution is 0.0604. The molecule has 0 amide bonds. The summed E-state index contributed by atoms with van der Waals surface area (Å²) >= 11 is 0. The Kier molecular flexibility index (Phi) is 3.11. The lowest BCUT2D eigenvalue weighted by Gasteiger charge is -2.16. The Labute approximate surface area is 72.8 Å². The Bertz CT molecular complexity index is 219. The summed E-state index contributed by atoms with van der Waals surface area (Å²) in [5.41, 5.74) is 0.